The molecule has 1 amide bonds. The molecule has 3 rings (SSSR count). The van der Waals surface area contributed by atoms with Gasteiger partial charge in [0.15, 0.2) is 5.69 Å². The number of aliphatic hydroxyl groups excluding tert-OH is 1. The van der Waals surface area contributed by atoms with Gasteiger partial charge in [-0.1, -0.05) is 5.16 Å². The Morgan fingerprint density at radius 3 is 2.65 bits per heavy atom. The molecule has 0 unspecified atom stereocenters. The third kappa shape index (κ3) is 2.58. The van der Waals surface area contributed by atoms with Crippen LogP contribution in [0.4, 0.5) is 0 Å². The van der Waals surface area contributed by atoms with Gasteiger partial charge in [-0.05, 0) is 26.2 Å². The van der Waals surface area contributed by atoms with Crippen molar-refractivity contribution in [3.05, 3.63) is 17.5 Å². The third-order valence-corrected chi connectivity index (χ3v) is 4.36. The molecule has 1 saturated heterocycles. The summed E-state index contributed by atoms with van der Waals surface area (Å²) in [6.45, 7) is 4.81. The number of aryl methyl sites for hydroxylation is 1. The number of nitrogens with zero attached hydrogens (tertiary/aromatic N) is 3. The van der Waals surface area contributed by atoms with Crippen LogP contribution in [0.1, 0.15) is 35.5 Å². The van der Waals surface area contributed by atoms with E-state index in [1.807, 2.05) is 4.90 Å². The number of carbonyl (C=O) groups is 1. The summed E-state index contributed by atoms with van der Waals surface area (Å²) in [7, 11) is 0. The van der Waals surface area contributed by atoms with E-state index in [2.05, 4.69) is 10.1 Å². The predicted octanol–water partition coefficient (Wildman–Crippen LogP) is 0.654. The Bertz CT molecular complexity index is 480. The van der Waals surface area contributed by atoms with Gasteiger partial charge in [-0.15, -0.1) is 0 Å². The lowest BCUT2D eigenvalue weighted by Gasteiger charge is -2.38. The summed E-state index contributed by atoms with van der Waals surface area (Å²) in [5.74, 6) is 0.592. The molecular weight excluding hydrogens is 258 g/mol. The van der Waals surface area contributed by atoms with Crippen LogP contribution < -0.4 is 0 Å². The van der Waals surface area contributed by atoms with Crippen LogP contribution in [0.2, 0.25) is 0 Å². The van der Waals surface area contributed by atoms with E-state index in [1.165, 1.54) is 0 Å². The molecule has 0 spiro atoms. The van der Waals surface area contributed by atoms with Crippen molar-refractivity contribution in [2.75, 3.05) is 26.2 Å². The average Bonchev–Trinajstić information content (AvgIpc) is 3.07. The van der Waals surface area contributed by atoms with Crippen molar-refractivity contribution in [3.8, 4) is 0 Å². The fraction of sp³-hybridized carbons (Fsp3) is 0.714. The highest BCUT2D eigenvalue weighted by atomic mass is 16.5. The highest BCUT2D eigenvalue weighted by Gasteiger charge is 2.33. The Labute approximate surface area is 118 Å². The van der Waals surface area contributed by atoms with E-state index in [-0.39, 0.29) is 18.1 Å². The Morgan fingerprint density at radius 2 is 2.10 bits per heavy atom. The van der Waals surface area contributed by atoms with Gasteiger partial charge in [-0.3, -0.25) is 9.69 Å². The largest absolute Gasteiger partial charge is 0.391 e. The van der Waals surface area contributed by atoms with Gasteiger partial charge in [0.2, 0.25) is 0 Å². The number of carbonyl (C=O) groups excluding carboxylic acids is 1. The molecule has 1 aromatic heterocycles. The molecule has 1 aliphatic carbocycles. The summed E-state index contributed by atoms with van der Waals surface area (Å²) in [4.78, 5) is 16.4. The maximum absolute atomic E-state index is 12.2. The lowest BCUT2D eigenvalue weighted by molar-refractivity contribution is 0.0311. The Balaban J connectivity index is 1.57. The molecule has 1 aromatic rings. The number of amides is 1. The van der Waals surface area contributed by atoms with Crippen LogP contribution in [-0.4, -0.2) is 64.3 Å². The number of piperazine rings is 1. The fourth-order valence-corrected chi connectivity index (χ4v) is 3.23. The standard InChI is InChI=1S/C14H21N3O3/c1-10-9-11(15-20-10)14(19)17-7-5-16(6-8-17)12-3-2-4-13(12)18/h9,12-13,18H,2-8H2,1H3/t12-,13-/m0/s1. The van der Waals surface area contributed by atoms with Crippen LogP contribution in [-0.2, 0) is 0 Å². The molecule has 1 N–H and O–H groups in total. The first-order chi connectivity index (χ1) is 9.65. The van der Waals surface area contributed by atoms with Crippen molar-refractivity contribution in [2.24, 2.45) is 0 Å². The lowest BCUT2D eigenvalue weighted by Crippen LogP contribution is -2.53. The zero-order valence-electron chi connectivity index (χ0n) is 11.8. The first-order valence-electron chi connectivity index (χ1n) is 7.30. The van der Waals surface area contributed by atoms with Gasteiger partial charge < -0.3 is 14.5 Å². The van der Waals surface area contributed by atoms with E-state index in [0.717, 1.165) is 32.4 Å². The second kappa shape index (κ2) is 5.54. The molecule has 6 heteroatoms. The van der Waals surface area contributed by atoms with Crippen LogP contribution >= 0.6 is 0 Å². The molecule has 20 heavy (non-hydrogen) atoms. The monoisotopic (exact) mass is 279 g/mol. The summed E-state index contributed by atoms with van der Waals surface area (Å²) in [5.41, 5.74) is 0.386. The maximum atomic E-state index is 12.2. The Hall–Kier alpha value is -1.40. The van der Waals surface area contributed by atoms with Crippen LogP contribution in [0.3, 0.4) is 0 Å². The number of rotatable bonds is 2. The molecule has 2 fully saturated rings. The lowest BCUT2D eigenvalue weighted by atomic mass is 10.1. The van der Waals surface area contributed by atoms with Gasteiger partial charge in [0.05, 0.1) is 6.10 Å². The van der Waals surface area contributed by atoms with Crippen LogP contribution in [0.25, 0.3) is 0 Å². The highest BCUT2D eigenvalue weighted by Crippen LogP contribution is 2.25. The summed E-state index contributed by atoms with van der Waals surface area (Å²) in [5, 5.41) is 13.7. The van der Waals surface area contributed by atoms with Crippen LogP contribution in [0.15, 0.2) is 10.6 Å². The number of aromatic nitrogens is 1. The number of hydrogen-bond donors (Lipinski definition) is 1. The van der Waals surface area contributed by atoms with Crippen molar-refractivity contribution in [2.45, 2.75) is 38.3 Å². The van der Waals surface area contributed by atoms with Gasteiger partial charge >= 0.3 is 0 Å². The van der Waals surface area contributed by atoms with Crippen molar-refractivity contribution in [1.82, 2.24) is 15.0 Å². The van der Waals surface area contributed by atoms with Crippen molar-refractivity contribution in [1.29, 1.82) is 0 Å². The van der Waals surface area contributed by atoms with Gasteiger partial charge in [-0.25, -0.2) is 0 Å². The highest BCUT2D eigenvalue weighted by molar-refractivity contribution is 5.92. The van der Waals surface area contributed by atoms with Crippen molar-refractivity contribution < 1.29 is 14.4 Å². The minimum Gasteiger partial charge on any atom is -0.391 e. The van der Waals surface area contributed by atoms with Crippen LogP contribution in [0.5, 0.6) is 0 Å². The smallest absolute Gasteiger partial charge is 0.276 e. The topological polar surface area (TPSA) is 69.8 Å². The second-order valence-electron chi connectivity index (χ2n) is 5.72. The quantitative estimate of drug-likeness (QED) is 0.861. The van der Waals surface area contributed by atoms with Gasteiger partial charge in [0, 0.05) is 38.3 Å². The van der Waals surface area contributed by atoms with Gasteiger partial charge in [0.1, 0.15) is 5.76 Å². The molecular formula is C14H21N3O3. The van der Waals surface area contributed by atoms with E-state index >= 15 is 0 Å². The molecule has 110 valence electrons. The average molecular weight is 279 g/mol. The van der Waals surface area contributed by atoms with E-state index in [1.54, 1.807) is 13.0 Å². The molecule has 1 saturated carbocycles. The fourth-order valence-electron chi connectivity index (χ4n) is 3.23. The normalized spacial score (nSPS) is 28.0. The molecule has 1 aliphatic heterocycles. The minimum absolute atomic E-state index is 0.0616. The summed E-state index contributed by atoms with van der Waals surface area (Å²) in [6.07, 6.45) is 2.87. The summed E-state index contributed by atoms with van der Waals surface area (Å²) >= 11 is 0. The molecule has 2 aliphatic rings. The van der Waals surface area contributed by atoms with E-state index in [4.69, 9.17) is 4.52 Å². The zero-order chi connectivity index (χ0) is 14.1. The Kier molecular flexibility index (Phi) is 3.76. The van der Waals surface area contributed by atoms with Crippen LogP contribution in [0, 0.1) is 6.92 Å². The summed E-state index contributed by atoms with van der Waals surface area (Å²) < 4.78 is 4.95. The molecule has 0 radical (unpaired) electrons. The number of hydrogen-bond acceptors (Lipinski definition) is 5. The zero-order valence-corrected chi connectivity index (χ0v) is 11.8. The predicted molar refractivity (Wildman–Crippen MR) is 72.4 cm³/mol. The van der Waals surface area contributed by atoms with Crippen molar-refractivity contribution in [3.63, 3.8) is 0 Å². The van der Waals surface area contributed by atoms with Crippen molar-refractivity contribution >= 4 is 5.91 Å². The third-order valence-electron chi connectivity index (χ3n) is 4.36. The summed E-state index contributed by atoms with van der Waals surface area (Å²) in [6, 6.07) is 1.96. The second-order valence-corrected chi connectivity index (χ2v) is 5.72. The molecule has 2 heterocycles. The van der Waals surface area contributed by atoms with Gasteiger partial charge in [-0.2, -0.15) is 0 Å². The molecule has 0 bridgehead atoms. The maximum Gasteiger partial charge on any atom is 0.276 e. The molecule has 0 aromatic carbocycles. The molecule has 6 nitrogen and oxygen atoms in total. The minimum atomic E-state index is -0.199. The SMILES string of the molecule is Cc1cc(C(=O)N2CCN([C@H]3CCC[C@@H]3O)CC2)no1. The van der Waals surface area contributed by atoms with E-state index in [0.29, 0.717) is 24.5 Å². The van der Waals surface area contributed by atoms with E-state index in [9.17, 15) is 9.90 Å². The number of aliphatic hydroxyl groups is 1. The molecule has 2 atom stereocenters. The Morgan fingerprint density at radius 1 is 1.35 bits per heavy atom. The van der Waals surface area contributed by atoms with Gasteiger partial charge in [0.25, 0.3) is 5.91 Å². The van der Waals surface area contributed by atoms with E-state index < -0.39 is 0 Å². The first-order valence-corrected chi connectivity index (χ1v) is 7.30. The first kappa shape index (κ1) is 13.6.